The van der Waals surface area contributed by atoms with Gasteiger partial charge >= 0.3 is 31.9 Å². The molecule has 4 aliphatic heterocycles. The van der Waals surface area contributed by atoms with E-state index in [2.05, 4.69) is 75.7 Å². The van der Waals surface area contributed by atoms with Crippen LogP contribution in [0.4, 0.5) is 36.2 Å². The highest BCUT2D eigenvalue weighted by Gasteiger charge is 2.56. The number of ether oxygens (including phenoxy) is 5. The zero-order chi connectivity index (χ0) is 67.1. The van der Waals surface area contributed by atoms with E-state index in [0.29, 0.717) is 18.4 Å². The summed E-state index contributed by atoms with van der Waals surface area (Å²) < 4.78 is 98.5. The van der Waals surface area contributed by atoms with E-state index in [1.807, 2.05) is 0 Å². The number of nitrogens with zero attached hydrogens (tertiary/aromatic N) is 9. The predicted molar refractivity (Wildman–Crippen MR) is 325 cm³/mol. The van der Waals surface area contributed by atoms with Crippen LogP contribution in [0.5, 0.6) is 0 Å². The van der Waals surface area contributed by atoms with Crippen molar-refractivity contribution in [3.05, 3.63) is 71.3 Å². The van der Waals surface area contributed by atoms with Gasteiger partial charge in [-0.1, -0.05) is 50.5 Å². The number of anilines is 3. The van der Waals surface area contributed by atoms with Gasteiger partial charge in [-0.2, -0.15) is 4.98 Å². The molecule has 93 heavy (non-hydrogen) atoms. The minimum absolute atomic E-state index is 0.0175. The number of H-pyrrole nitrogens is 1. The van der Waals surface area contributed by atoms with Crippen molar-refractivity contribution in [1.29, 1.82) is 0 Å². The topological polar surface area (TPSA) is 494 Å². The fourth-order valence-electron chi connectivity index (χ4n) is 9.92. The number of benzene rings is 1. The van der Waals surface area contributed by atoms with E-state index < -0.39 is 154 Å². The Bertz CT molecular complexity index is 3830. The summed E-state index contributed by atoms with van der Waals surface area (Å²) in [5, 5.41) is 10.5. The number of rotatable bonds is 22. The van der Waals surface area contributed by atoms with Gasteiger partial charge in [0.25, 0.3) is 17.4 Å². The van der Waals surface area contributed by atoms with Crippen molar-refractivity contribution in [1.82, 2.24) is 64.8 Å². The van der Waals surface area contributed by atoms with Crippen LogP contribution in [0.3, 0.4) is 0 Å². The molecule has 8 heterocycles. The van der Waals surface area contributed by atoms with Crippen molar-refractivity contribution in [3.8, 4) is 0 Å². The number of aromatic nitrogens is 8. The van der Waals surface area contributed by atoms with Crippen LogP contribution < -0.4 is 44.0 Å². The number of carbonyl (C=O) groups excluding carboxylic acids is 8. The first-order valence-electron chi connectivity index (χ1n) is 28.3. The van der Waals surface area contributed by atoms with Gasteiger partial charge in [0.1, 0.15) is 61.6 Å². The number of nitrogens with one attached hydrogen (secondary N) is 5. The largest absolute Gasteiger partial charge is 0.508 e. The third kappa shape index (κ3) is 17.1. The van der Waals surface area contributed by atoms with Gasteiger partial charge < -0.3 is 67.1 Å². The number of carbonyl (C=O) groups is 8. The monoisotopic (exact) mass is 1380 g/mol. The van der Waals surface area contributed by atoms with Gasteiger partial charge in [-0.05, 0) is 42.9 Å². The van der Waals surface area contributed by atoms with Crippen molar-refractivity contribution < 1.29 is 93.7 Å². The van der Waals surface area contributed by atoms with E-state index in [1.54, 1.807) is 26.0 Å². The summed E-state index contributed by atoms with van der Waals surface area (Å²) in [6, 6.07) is 3.12. The average molecular weight is 1380 g/mol. The number of thiol groups is 2. The Morgan fingerprint density at radius 2 is 1.48 bits per heavy atom. The third-order valence-corrected chi connectivity index (χ3v) is 17.8. The summed E-state index contributed by atoms with van der Waals surface area (Å²) in [4.78, 5) is 140. The highest BCUT2D eigenvalue weighted by molar-refractivity contribution is 8.44. The smallest absolute Gasteiger partial charge is 0.445 e. The molecule has 4 aromatic heterocycles. The van der Waals surface area contributed by atoms with E-state index >= 15 is 4.39 Å². The standard InChI is InChI=1S/C51H64FN17O20P2S2/c1-24(2)34(63-30(70)13-15-67-31(71)11-12-32(67)72)44(74)62-27(6-4-5-14-56-49(55)76)43(73)61-26-9-7-25(8-10-26)18-82-50(77)66(3)16-17-81-51(78)87-39-38-29(86-47(39)69-23-60-36-42(69)64-48(54)65-45(36)75)20-84-90(79,92)88-37-28(19-83-91(80,93)89-38)85-46(33(37)52)68-22-59-35-40(53)57-21-58-41(35)68/h7-12,21-24,27-29,33-34,37-39,46-47H,4-6,13-20H2,1-3H3,(H,61,73)(H,62,74)(H,63,70)(H,79,92)(H,80,93)(H2,53,57,58)(H3,55,56,76)(H3,54,64,65,75)/t27-,28+,29+,33+,34-,37+,38+,39+,46+,47+,90-,91+/m0/s1. The van der Waals surface area contributed by atoms with Gasteiger partial charge in [0.15, 0.2) is 47.4 Å². The highest BCUT2D eigenvalue weighted by Crippen LogP contribution is 2.61. The van der Waals surface area contributed by atoms with Crippen LogP contribution in [0.25, 0.3) is 22.3 Å². The van der Waals surface area contributed by atoms with Gasteiger partial charge in [0, 0.05) is 44.4 Å². The number of urea groups is 1. The summed E-state index contributed by atoms with van der Waals surface area (Å²) in [6.45, 7) is -8.75. The number of imide groups is 1. The molecule has 0 spiro atoms. The second kappa shape index (κ2) is 29.7. The van der Waals surface area contributed by atoms with Crippen molar-refractivity contribution in [2.75, 3.05) is 63.3 Å². The molecule has 0 aliphatic carbocycles. The fraction of sp³-hybridized carbons (Fsp3) is 0.490. The van der Waals surface area contributed by atoms with Crippen LogP contribution in [0, 0.1) is 5.92 Å². The Kier molecular flexibility index (Phi) is 22.1. The van der Waals surface area contributed by atoms with E-state index in [1.165, 1.54) is 30.1 Å². The number of unbranched alkanes of at least 4 members (excludes halogenated alkanes) is 1. The Hall–Kier alpha value is -8.33. The summed E-state index contributed by atoms with van der Waals surface area (Å²) in [6.07, 6.45) is -9.95. The maximum atomic E-state index is 16.5. The normalized spacial score (nSPS) is 25.3. The number of imidazole rings is 2. The number of likely N-dealkylation sites (N-methyl/N-ethyl adjacent to an activating group) is 1. The van der Waals surface area contributed by atoms with Crippen molar-refractivity contribution in [3.63, 3.8) is 0 Å². The Morgan fingerprint density at radius 1 is 0.839 bits per heavy atom. The van der Waals surface area contributed by atoms with Crippen LogP contribution in [-0.2, 0) is 81.5 Å². The van der Waals surface area contributed by atoms with Crippen LogP contribution >= 0.6 is 38.1 Å². The third-order valence-electron chi connectivity index (χ3n) is 14.6. The molecule has 1 aromatic carbocycles. The molecule has 0 radical (unpaired) electrons. The molecule has 3 saturated heterocycles. The van der Waals surface area contributed by atoms with Gasteiger partial charge in [-0.3, -0.25) is 65.9 Å². The van der Waals surface area contributed by atoms with E-state index in [4.69, 9.17) is 59.0 Å². The number of amides is 8. The van der Waals surface area contributed by atoms with Gasteiger partial charge in [-0.25, -0.2) is 47.8 Å². The lowest BCUT2D eigenvalue weighted by molar-refractivity contribution is -0.137. The SMILES string of the molecule is CC(C)[C@H](NC(=O)CCN1C(=O)C=CC1=O)C(=O)N[C@@H](CCCCNC(N)=O)C(=O)Nc1ccc(COC(=O)N(C)CCOC(=O)O[C@@H]2[C@@H]3O[P@](=O)(S)OC[C@H]4O[C@@H](n5cnc6c(N)ncnc65)[C@H](F)[C@@H]4O[P@@](=O)(S)OC[C@H]3O[C@H]2n2cnc3c(=O)[nH]c(N)nc32)cc1. The number of halogens is 1. The van der Waals surface area contributed by atoms with Gasteiger partial charge in [0.2, 0.25) is 23.7 Å². The van der Waals surface area contributed by atoms with E-state index in [-0.39, 0.29) is 78.9 Å². The van der Waals surface area contributed by atoms with Crippen molar-refractivity contribution >= 4 is 126 Å². The number of aromatic amines is 1. The second-order valence-corrected chi connectivity index (χ2v) is 27.2. The molecule has 11 N–H and O–H groups in total. The maximum absolute atomic E-state index is 16.5. The molecule has 3 fully saturated rings. The maximum Gasteiger partial charge on any atom is 0.508 e. The Labute approximate surface area is 535 Å². The second-order valence-electron chi connectivity index (χ2n) is 21.5. The van der Waals surface area contributed by atoms with Crippen molar-refractivity contribution in [2.24, 2.45) is 11.7 Å². The quantitative estimate of drug-likeness (QED) is 0.0155. The molecule has 37 nitrogen and oxygen atoms in total. The number of hydrogen-bond acceptors (Lipinski definition) is 27. The minimum atomic E-state index is -4.71. The molecule has 9 rings (SSSR count). The zero-order valence-electron chi connectivity index (χ0n) is 49.4. The fourth-order valence-corrected chi connectivity index (χ4v) is 12.9. The summed E-state index contributed by atoms with van der Waals surface area (Å²) >= 11 is 8.27. The molecule has 4 aliphatic rings. The summed E-state index contributed by atoms with van der Waals surface area (Å²) in [5.74, 6) is -3.90. The lowest BCUT2D eigenvalue weighted by Crippen LogP contribution is -2.54. The van der Waals surface area contributed by atoms with Crippen LogP contribution in [0.15, 0.2) is 60.2 Å². The molecule has 8 amide bonds. The lowest BCUT2D eigenvalue weighted by atomic mass is 10.0. The van der Waals surface area contributed by atoms with Crippen LogP contribution in [0.1, 0.15) is 57.6 Å². The molecule has 0 bridgehead atoms. The first kappa shape index (κ1) is 69.0. The first-order valence-corrected chi connectivity index (χ1v) is 33.7. The highest BCUT2D eigenvalue weighted by atomic mass is 32.7. The number of hydrogen-bond donors (Lipinski definition) is 10. The van der Waals surface area contributed by atoms with Crippen molar-refractivity contribution in [2.45, 2.75) is 107 Å². The van der Waals surface area contributed by atoms with E-state index in [9.17, 15) is 52.3 Å². The number of nitrogens with two attached hydrogens (primary N) is 3. The summed E-state index contributed by atoms with van der Waals surface area (Å²) in [5.41, 5.74) is 16.7. The van der Waals surface area contributed by atoms with Crippen LogP contribution in [-0.4, -0.2) is 192 Å². The molecule has 502 valence electrons. The molecular formula is C51H64FN17O20P2S2. The van der Waals surface area contributed by atoms with E-state index in [0.717, 1.165) is 39.2 Å². The zero-order valence-corrected chi connectivity index (χ0v) is 53.0. The number of nitrogen functional groups attached to an aromatic ring is 2. The molecule has 5 aromatic rings. The number of primary amides is 1. The van der Waals surface area contributed by atoms with Gasteiger partial charge in [-0.15, -0.1) is 0 Å². The summed E-state index contributed by atoms with van der Waals surface area (Å²) in [7, 11) is 1.33. The lowest BCUT2D eigenvalue weighted by Gasteiger charge is -2.29. The molecule has 12 atom stereocenters. The molecular weight excluding hydrogens is 1320 g/mol. The Morgan fingerprint density at radius 3 is 2.16 bits per heavy atom. The van der Waals surface area contributed by atoms with Gasteiger partial charge in [0.05, 0.1) is 32.4 Å². The van der Waals surface area contributed by atoms with Crippen LogP contribution in [0.2, 0.25) is 0 Å². The number of alkyl halides is 1. The minimum Gasteiger partial charge on any atom is -0.445 e. The molecule has 0 unspecified atom stereocenters. The number of fused-ring (bicyclic) bond motifs is 4. The predicted octanol–water partition coefficient (Wildman–Crippen LogP) is 1.66. The molecule has 42 heteroatoms. The average Bonchev–Trinajstić information content (AvgIpc) is 1.62. The first-order chi connectivity index (χ1) is 44.1. The molecule has 0 saturated carbocycles. The Balaban J connectivity index is 0.805.